The van der Waals surface area contributed by atoms with Gasteiger partial charge in [-0.3, -0.25) is 10.1 Å². The Labute approximate surface area is 118 Å². The maximum absolute atomic E-state index is 11.9. The van der Waals surface area contributed by atoms with Crippen LogP contribution in [0.4, 0.5) is 6.01 Å². The van der Waals surface area contributed by atoms with Crippen LogP contribution in [0.1, 0.15) is 39.7 Å². The van der Waals surface area contributed by atoms with Crippen molar-refractivity contribution in [2.45, 2.75) is 39.5 Å². The minimum atomic E-state index is 0.0140. The van der Waals surface area contributed by atoms with Crippen molar-refractivity contribution in [3.8, 4) is 0 Å². The van der Waals surface area contributed by atoms with Gasteiger partial charge < -0.3 is 4.42 Å². The molecule has 1 aliphatic carbocycles. The lowest BCUT2D eigenvalue weighted by Gasteiger charge is -2.18. The highest BCUT2D eigenvalue weighted by Crippen LogP contribution is 2.38. The van der Waals surface area contributed by atoms with Gasteiger partial charge in [-0.15, -0.1) is 0 Å². The number of nitrogens with zero attached hydrogens (tertiary/aromatic N) is 1. The standard InChI is InChI=1S/C16H20N2O2/c1-9-7-11(9)14(19)18-15-17-12-8-10(16(2,3)4)5-6-13(12)20-15/h5-6,8-9,11H,7H2,1-4H3,(H,17,18,19). The molecule has 1 fully saturated rings. The van der Waals surface area contributed by atoms with Crippen LogP contribution < -0.4 is 5.32 Å². The fourth-order valence-corrected chi connectivity index (χ4v) is 2.33. The molecular weight excluding hydrogens is 252 g/mol. The lowest BCUT2D eigenvalue weighted by atomic mass is 9.87. The second-order valence-corrected chi connectivity index (χ2v) is 6.76. The zero-order valence-electron chi connectivity index (χ0n) is 12.4. The maximum Gasteiger partial charge on any atom is 0.302 e. The predicted molar refractivity (Wildman–Crippen MR) is 78.6 cm³/mol. The molecule has 0 radical (unpaired) electrons. The normalized spacial score (nSPS) is 22.0. The van der Waals surface area contributed by atoms with Gasteiger partial charge in [0.25, 0.3) is 0 Å². The van der Waals surface area contributed by atoms with Gasteiger partial charge in [-0.25, -0.2) is 0 Å². The average molecular weight is 272 g/mol. The molecule has 1 aliphatic rings. The second kappa shape index (κ2) is 4.33. The zero-order valence-corrected chi connectivity index (χ0v) is 12.4. The largest absolute Gasteiger partial charge is 0.423 e. The SMILES string of the molecule is CC1CC1C(=O)Nc1nc2cc(C(C)(C)C)ccc2o1. The lowest BCUT2D eigenvalue weighted by Crippen LogP contribution is -2.14. The van der Waals surface area contributed by atoms with E-state index < -0.39 is 0 Å². The summed E-state index contributed by atoms with van der Waals surface area (Å²) in [5.41, 5.74) is 2.76. The number of nitrogens with one attached hydrogen (secondary N) is 1. The number of anilines is 1. The van der Waals surface area contributed by atoms with Crippen LogP contribution in [0, 0.1) is 11.8 Å². The Morgan fingerprint density at radius 2 is 2.10 bits per heavy atom. The summed E-state index contributed by atoms with van der Waals surface area (Å²) in [6, 6.07) is 6.28. The Morgan fingerprint density at radius 3 is 2.70 bits per heavy atom. The molecule has 4 nitrogen and oxygen atoms in total. The highest BCUT2D eigenvalue weighted by Gasteiger charge is 2.39. The Hall–Kier alpha value is -1.84. The van der Waals surface area contributed by atoms with Crippen LogP contribution in [0.3, 0.4) is 0 Å². The molecule has 1 aromatic heterocycles. The van der Waals surface area contributed by atoms with Crippen molar-refractivity contribution < 1.29 is 9.21 Å². The van der Waals surface area contributed by atoms with E-state index in [1.165, 1.54) is 5.56 Å². The number of rotatable bonds is 2. The van der Waals surface area contributed by atoms with Crippen molar-refractivity contribution >= 4 is 23.0 Å². The van der Waals surface area contributed by atoms with Gasteiger partial charge in [0.1, 0.15) is 5.52 Å². The summed E-state index contributed by atoms with van der Waals surface area (Å²) >= 11 is 0. The molecule has 1 amide bonds. The van der Waals surface area contributed by atoms with Crippen molar-refractivity contribution in [2.24, 2.45) is 11.8 Å². The zero-order chi connectivity index (χ0) is 14.5. The van der Waals surface area contributed by atoms with Crippen molar-refractivity contribution in [2.75, 3.05) is 5.32 Å². The minimum absolute atomic E-state index is 0.0140. The van der Waals surface area contributed by atoms with Crippen LogP contribution in [0.15, 0.2) is 22.6 Å². The van der Waals surface area contributed by atoms with Crippen molar-refractivity contribution in [1.29, 1.82) is 0 Å². The smallest absolute Gasteiger partial charge is 0.302 e. The second-order valence-electron chi connectivity index (χ2n) is 6.76. The van der Waals surface area contributed by atoms with Crippen LogP contribution >= 0.6 is 0 Å². The van der Waals surface area contributed by atoms with Crippen molar-refractivity contribution in [3.05, 3.63) is 23.8 Å². The van der Waals surface area contributed by atoms with E-state index in [4.69, 9.17) is 4.42 Å². The molecule has 3 rings (SSSR count). The molecule has 2 unspecified atom stereocenters. The summed E-state index contributed by atoms with van der Waals surface area (Å²) in [5, 5.41) is 2.77. The molecule has 2 aromatic rings. The number of hydrogen-bond acceptors (Lipinski definition) is 3. The molecule has 0 bridgehead atoms. The first kappa shape index (κ1) is 13.2. The molecule has 2 atom stereocenters. The summed E-state index contributed by atoms with van der Waals surface area (Å²) in [7, 11) is 0. The third-order valence-electron chi connectivity index (χ3n) is 3.93. The number of aromatic nitrogens is 1. The maximum atomic E-state index is 11.9. The summed E-state index contributed by atoms with van der Waals surface area (Å²) < 4.78 is 5.58. The highest BCUT2D eigenvalue weighted by molar-refractivity contribution is 5.93. The van der Waals surface area contributed by atoms with Gasteiger partial charge in [0.05, 0.1) is 0 Å². The quantitative estimate of drug-likeness (QED) is 0.906. The fourth-order valence-electron chi connectivity index (χ4n) is 2.33. The number of hydrogen-bond donors (Lipinski definition) is 1. The highest BCUT2D eigenvalue weighted by atomic mass is 16.4. The predicted octanol–water partition coefficient (Wildman–Crippen LogP) is 3.72. The third kappa shape index (κ3) is 2.42. The molecule has 0 saturated heterocycles. The fraction of sp³-hybridized carbons (Fsp3) is 0.500. The van der Waals surface area contributed by atoms with Crippen LogP contribution in [-0.4, -0.2) is 10.9 Å². The summed E-state index contributed by atoms with van der Waals surface area (Å²) in [4.78, 5) is 16.2. The summed E-state index contributed by atoms with van der Waals surface area (Å²) in [5.74, 6) is 0.613. The molecule has 0 aliphatic heterocycles. The Bertz CT molecular complexity index is 667. The number of carbonyl (C=O) groups excluding carboxylic acids is 1. The van der Waals surface area contributed by atoms with Gasteiger partial charge in [-0.2, -0.15) is 4.98 Å². The molecular formula is C16H20N2O2. The van der Waals surface area contributed by atoms with Gasteiger partial charge in [0.2, 0.25) is 5.91 Å². The topological polar surface area (TPSA) is 55.1 Å². The van der Waals surface area contributed by atoms with E-state index >= 15 is 0 Å². The first-order valence-electron chi connectivity index (χ1n) is 7.06. The first-order chi connectivity index (χ1) is 9.34. The molecule has 0 spiro atoms. The Balaban J connectivity index is 1.85. The van der Waals surface area contributed by atoms with Gasteiger partial charge in [-0.1, -0.05) is 33.8 Å². The molecule has 106 valence electrons. The molecule has 1 N–H and O–H groups in total. The lowest BCUT2D eigenvalue weighted by molar-refractivity contribution is -0.117. The van der Waals surface area contributed by atoms with E-state index in [1.807, 2.05) is 18.2 Å². The first-order valence-corrected chi connectivity index (χ1v) is 7.06. The van der Waals surface area contributed by atoms with Crippen LogP contribution in [-0.2, 0) is 10.2 Å². The third-order valence-corrected chi connectivity index (χ3v) is 3.93. The van der Waals surface area contributed by atoms with Crippen LogP contribution in [0.5, 0.6) is 0 Å². The Morgan fingerprint density at radius 1 is 1.40 bits per heavy atom. The van der Waals surface area contributed by atoms with Crippen LogP contribution in [0.2, 0.25) is 0 Å². The van der Waals surface area contributed by atoms with Crippen LogP contribution in [0.25, 0.3) is 11.1 Å². The van der Waals surface area contributed by atoms with Gasteiger partial charge in [-0.05, 0) is 35.4 Å². The summed E-state index contributed by atoms with van der Waals surface area (Å²) in [6.07, 6.45) is 0.959. The Kier molecular flexibility index (Phi) is 2.85. The van der Waals surface area contributed by atoms with E-state index in [-0.39, 0.29) is 17.2 Å². The van der Waals surface area contributed by atoms with Crippen molar-refractivity contribution in [3.63, 3.8) is 0 Å². The number of amides is 1. The van der Waals surface area contributed by atoms with Gasteiger partial charge in [0, 0.05) is 5.92 Å². The van der Waals surface area contributed by atoms with E-state index in [9.17, 15) is 4.79 Å². The number of fused-ring (bicyclic) bond motifs is 1. The molecule has 1 heterocycles. The molecule has 1 aromatic carbocycles. The van der Waals surface area contributed by atoms with E-state index in [1.54, 1.807) is 0 Å². The molecule has 20 heavy (non-hydrogen) atoms. The average Bonchev–Trinajstić information content (AvgIpc) is 2.95. The van der Waals surface area contributed by atoms with E-state index in [2.05, 4.69) is 38.0 Å². The van der Waals surface area contributed by atoms with Crippen molar-refractivity contribution in [1.82, 2.24) is 4.98 Å². The molecule has 1 saturated carbocycles. The minimum Gasteiger partial charge on any atom is -0.423 e. The van der Waals surface area contributed by atoms with Gasteiger partial charge >= 0.3 is 6.01 Å². The number of benzene rings is 1. The van der Waals surface area contributed by atoms with Gasteiger partial charge in [0.15, 0.2) is 5.58 Å². The van der Waals surface area contributed by atoms with E-state index in [0.29, 0.717) is 17.5 Å². The monoisotopic (exact) mass is 272 g/mol. The molecule has 4 heteroatoms. The number of oxazole rings is 1. The number of carbonyl (C=O) groups is 1. The summed E-state index contributed by atoms with van der Waals surface area (Å²) in [6.45, 7) is 8.55. The van der Waals surface area contributed by atoms with E-state index in [0.717, 1.165) is 11.9 Å².